The van der Waals surface area contributed by atoms with Gasteiger partial charge in [-0.15, -0.1) is 0 Å². The molecule has 7 heteroatoms. The average Bonchev–Trinajstić information content (AvgIpc) is 2.85. The van der Waals surface area contributed by atoms with E-state index in [-0.39, 0.29) is 23.2 Å². The van der Waals surface area contributed by atoms with Gasteiger partial charge in [-0.25, -0.2) is 9.59 Å². The number of rotatable bonds is 4. The van der Waals surface area contributed by atoms with Gasteiger partial charge in [0.05, 0.1) is 6.20 Å². The van der Waals surface area contributed by atoms with Crippen molar-refractivity contribution in [1.29, 1.82) is 0 Å². The number of aromatic nitrogens is 3. The minimum Gasteiger partial charge on any atom is -0.477 e. The second-order valence-corrected chi connectivity index (χ2v) is 4.34. The van der Waals surface area contributed by atoms with E-state index >= 15 is 0 Å². The third kappa shape index (κ3) is 2.82. The van der Waals surface area contributed by atoms with Crippen LogP contribution in [-0.2, 0) is 0 Å². The molecule has 0 aliphatic carbocycles. The largest absolute Gasteiger partial charge is 0.477 e. The van der Waals surface area contributed by atoms with Crippen molar-refractivity contribution in [2.75, 3.05) is 0 Å². The fourth-order valence-corrected chi connectivity index (χ4v) is 1.61. The van der Waals surface area contributed by atoms with E-state index in [4.69, 9.17) is 9.84 Å². The summed E-state index contributed by atoms with van der Waals surface area (Å²) in [5.74, 6) is -1.60. The molecular formula is C13H13N3O4. The summed E-state index contributed by atoms with van der Waals surface area (Å²) in [5.41, 5.74) is -0.113. The molecular weight excluding hydrogens is 262 g/mol. The monoisotopic (exact) mass is 275 g/mol. The van der Waals surface area contributed by atoms with Crippen molar-refractivity contribution in [3.63, 3.8) is 0 Å². The summed E-state index contributed by atoms with van der Waals surface area (Å²) in [4.78, 5) is 26.8. The summed E-state index contributed by atoms with van der Waals surface area (Å²) in [6.45, 7) is 3.55. The second-order valence-electron chi connectivity index (χ2n) is 4.34. The number of esters is 1. The first-order valence-corrected chi connectivity index (χ1v) is 5.94. The van der Waals surface area contributed by atoms with E-state index in [1.807, 2.05) is 0 Å². The van der Waals surface area contributed by atoms with E-state index in [2.05, 4.69) is 10.1 Å². The number of carbonyl (C=O) groups is 2. The van der Waals surface area contributed by atoms with Gasteiger partial charge in [0, 0.05) is 18.3 Å². The molecule has 0 saturated heterocycles. The molecule has 0 atom stereocenters. The lowest BCUT2D eigenvalue weighted by atomic mass is 10.3. The van der Waals surface area contributed by atoms with Gasteiger partial charge in [-0.05, 0) is 26.0 Å². The van der Waals surface area contributed by atoms with Crippen molar-refractivity contribution >= 4 is 11.9 Å². The molecule has 2 aromatic heterocycles. The van der Waals surface area contributed by atoms with E-state index in [1.54, 1.807) is 32.2 Å². The molecule has 2 aromatic rings. The molecule has 20 heavy (non-hydrogen) atoms. The number of hydrogen-bond donors (Lipinski definition) is 1. The number of ether oxygens (including phenoxy) is 1. The van der Waals surface area contributed by atoms with Crippen molar-refractivity contribution in [1.82, 2.24) is 14.8 Å². The Morgan fingerprint density at radius 3 is 2.65 bits per heavy atom. The van der Waals surface area contributed by atoms with Gasteiger partial charge in [0.25, 0.3) is 0 Å². The highest BCUT2D eigenvalue weighted by Crippen LogP contribution is 2.14. The predicted molar refractivity (Wildman–Crippen MR) is 68.8 cm³/mol. The van der Waals surface area contributed by atoms with Gasteiger partial charge in [-0.1, -0.05) is 0 Å². The SMILES string of the molecule is CC(C)n1nc(C(=O)Oc2cccnc2)cc1C(=O)O. The van der Waals surface area contributed by atoms with Crippen LogP contribution in [0.3, 0.4) is 0 Å². The Morgan fingerprint density at radius 2 is 2.15 bits per heavy atom. The van der Waals surface area contributed by atoms with Gasteiger partial charge < -0.3 is 9.84 Å². The maximum Gasteiger partial charge on any atom is 0.364 e. The molecule has 7 nitrogen and oxygen atoms in total. The molecule has 0 saturated carbocycles. The Balaban J connectivity index is 2.27. The van der Waals surface area contributed by atoms with Crippen molar-refractivity contribution in [2.45, 2.75) is 19.9 Å². The lowest BCUT2D eigenvalue weighted by molar-refractivity contribution is 0.0679. The van der Waals surface area contributed by atoms with Crippen LogP contribution in [0.1, 0.15) is 40.9 Å². The van der Waals surface area contributed by atoms with E-state index in [9.17, 15) is 9.59 Å². The second kappa shape index (κ2) is 5.52. The minimum absolute atomic E-state index is 0.0556. The lowest BCUT2D eigenvalue weighted by Crippen LogP contribution is -2.13. The highest BCUT2D eigenvalue weighted by atomic mass is 16.5. The topological polar surface area (TPSA) is 94.3 Å². The molecule has 0 bridgehead atoms. The number of nitrogens with zero attached hydrogens (tertiary/aromatic N) is 3. The van der Waals surface area contributed by atoms with Gasteiger partial charge in [0.1, 0.15) is 11.4 Å². The molecule has 2 rings (SSSR count). The Bertz CT molecular complexity index is 634. The molecule has 2 heterocycles. The minimum atomic E-state index is -1.15. The van der Waals surface area contributed by atoms with Gasteiger partial charge in [-0.3, -0.25) is 9.67 Å². The van der Waals surface area contributed by atoms with Gasteiger partial charge in [-0.2, -0.15) is 5.10 Å². The third-order valence-corrected chi connectivity index (χ3v) is 2.50. The molecule has 0 aromatic carbocycles. The zero-order chi connectivity index (χ0) is 14.7. The maximum atomic E-state index is 11.9. The standard InChI is InChI=1S/C13H13N3O4/c1-8(2)16-11(12(17)18)6-10(15-16)13(19)20-9-4-3-5-14-7-9/h3-8H,1-2H3,(H,17,18). The fourth-order valence-electron chi connectivity index (χ4n) is 1.61. The molecule has 0 spiro atoms. The van der Waals surface area contributed by atoms with Crippen molar-refractivity contribution in [3.05, 3.63) is 42.0 Å². The van der Waals surface area contributed by atoms with Gasteiger partial charge in [0.2, 0.25) is 0 Å². The smallest absolute Gasteiger partial charge is 0.364 e. The van der Waals surface area contributed by atoms with E-state index < -0.39 is 11.9 Å². The average molecular weight is 275 g/mol. The summed E-state index contributed by atoms with van der Waals surface area (Å²) in [6.07, 6.45) is 2.93. The molecule has 0 unspecified atom stereocenters. The molecule has 0 radical (unpaired) electrons. The summed E-state index contributed by atoms with van der Waals surface area (Å²) >= 11 is 0. The van der Waals surface area contributed by atoms with Crippen LogP contribution < -0.4 is 4.74 Å². The molecule has 0 amide bonds. The summed E-state index contributed by atoms with van der Waals surface area (Å²) in [6, 6.07) is 4.21. The molecule has 1 N–H and O–H groups in total. The van der Waals surface area contributed by atoms with E-state index in [1.165, 1.54) is 16.9 Å². The van der Waals surface area contributed by atoms with Crippen molar-refractivity contribution in [3.8, 4) is 5.75 Å². The van der Waals surface area contributed by atoms with Crippen molar-refractivity contribution in [2.24, 2.45) is 0 Å². The first kappa shape index (κ1) is 13.7. The fraction of sp³-hybridized carbons (Fsp3) is 0.231. The number of carboxylic acids is 1. The number of aromatic carboxylic acids is 1. The summed E-state index contributed by atoms with van der Waals surface area (Å²) in [5, 5.41) is 13.0. The van der Waals surface area contributed by atoms with Crippen molar-refractivity contribution < 1.29 is 19.4 Å². The van der Waals surface area contributed by atoms with Gasteiger partial charge in [0.15, 0.2) is 5.69 Å². The van der Waals surface area contributed by atoms with Crippen LogP contribution >= 0.6 is 0 Å². The zero-order valence-corrected chi connectivity index (χ0v) is 11.0. The zero-order valence-electron chi connectivity index (χ0n) is 11.0. The van der Waals surface area contributed by atoms with Crippen LogP contribution in [0.4, 0.5) is 0 Å². The van der Waals surface area contributed by atoms with E-state index in [0.29, 0.717) is 0 Å². The number of carbonyl (C=O) groups excluding carboxylic acids is 1. The Morgan fingerprint density at radius 1 is 1.40 bits per heavy atom. The molecule has 0 aliphatic heterocycles. The summed E-state index contributed by atoms with van der Waals surface area (Å²) < 4.78 is 6.32. The van der Waals surface area contributed by atoms with Crippen LogP contribution in [0.15, 0.2) is 30.6 Å². The number of hydrogen-bond acceptors (Lipinski definition) is 5. The number of pyridine rings is 1. The molecule has 104 valence electrons. The van der Waals surface area contributed by atoms with Crippen LogP contribution in [0, 0.1) is 0 Å². The van der Waals surface area contributed by atoms with Crippen LogP contribution in [-0.4, -0.2) is 31.8 Å². The first-order chi connectivity index (χ1) is 9.49. The van der Waals surface area contributed by atoms with Crippen LogP contribution in [0.2, 0.25) is 0 Å². The Labute approximate surface area is 114 Å². The molecule has 0 aliphatic rings. The first-order valence-electron chi connectivity index (χ1n) is 5.94. The third-order valence-electron chi connectivity index (χ3n) is 2.50. The number of carboxylic acid groups (broad SMARTS) is 1. The normalized spacial score (nSPS) is 10.6. The predicted octanol–water partition coefficient (Wildman–Crippen LogP) is 1.78. The maximum absolute atomic E-state index is 11.9. The highest BCUT2D eigenvalue weighted by molar-refractivity contribution is 5.93. The Hall–Kier alpha value is -2.70. The van der Waals surface area contributed by atoms with Crippen LogP contribution in [0.25, 0.3) is 0 Å². The summed E-state index contributed by atoms with van der Waals surface area (Å²) in [7, 11) is 0. The quantitative estimate of drug-likeness (QED) is 0.854. The lowest BCUT2D eigenvalue weighted by Gasteiger charge is -2.07. The van der Waals surface area contributed by atoms with Crippen LogP contribution in [0.5, 0.6) is 5.75 Å². The Kier molecular flexibility index (Phi) is 3.79. The van der Waals surface area contributed by atoms with E-state index in [0.717, 1.165) is 0 Å². The molecule has 0 fully saturated rings. The highest BCUT2D eigenvalue weighted by Gasteiger charge is 2.21. The van der Waals surface area contributed by atoms with Gasteiger partial charge >= 0.3 is 11.9 Å².